The van der Waals surface area contributed by atoms with Gasteiger partial charge in [-0.25, -0.2) is 19.4 Å². The van der Waals surface area contributed by atoms with Gasteiger partial charge in [-0.15, -0.1) is 0 Å². The quantitative estimate of drug-likeness (QED) is 0.0724. The number of likely N-dealkylation sites (tertiary alicyclic amines) is 2. The van der Waals surface area contributed by atoms with Gasteiger partial charge in [-0.05, 0) is 177 Å². The van der Waals surface area contributed by atoms with Gasteiger partial charge in [0.2, 0.25) is 0 Å². The molecule has 468 valence electrons. The van der Waals surface area contributed by atoms with E-state index in [1.54, 1.807) is 17.3 Å². The number of aromatic amines is 3. The van der Waals surface area contributed by atoms with E-state index in [9.17, 15) is 14.4 Å². The summed E-state index contributed by atoms with van der Waals surface area (Å²) in [5, 5.41) is 21.3. The third-order valence-corrected chi connectivity index (χ3v) is 17.2. The van der Waals surface area contributed by atoms with Crippen LogP contribution < -0.4 is 10.6 Å². The second kappa shape index (κ2) is 29.9. The van der Waals surface area contributed by atoms with Gasteiger partial charge >= 0.3 is 6.09 Å². The minimum atomic E-state index is -0.575. The smallest absolute Gasteiger partial charge is 0.410 e. The number of benzene rings is 2. The number of rotatable bonds is 13. The normalized spacial score (nSPS) is 16.8. The van der Waals surface area contributed by atoms with Crippen LogP contribution in [-0.4, -0.2) is 147 Å². The van der Waals surface area contributed by atoms with Crippen LogP contribution in [0.5, 0.6) is 0 Å². The molecule has 1 atom stereocenters. The maximum Gasteiger partial charge on any atom is 0.410 e. The van der Waals surface area contributed by atoms with Gasteiger partial charge in [0, 0.05) is 92.6 Å². The largest absolute Gasteiger partial charge is 0.444 e. The number of hydrogen-bond donors (Lipinski definition) is 5. The van der Waals surface area contributed by atoms with Crippen molar-refractivity contribution in [2.75, 3.05) is 59.0 Å². The molecular weight excluding hydrogens is 1110 g/mol. The third kappa shape index (κ3) is 15.5. The fourth-order valence-electron chi connectivity index (χ4n) is 12.1. The molecule has 3 amide bonds. The van der Waals surface area contributed by atoms with E-state index < -0.39 is 5.60 Å². The predicted octanol–water partition coefficient (Wildman–Crippen LogP) is 12.9. The van der Waals surface area contributed by atoms with E-state index in [1.807, 2.05) is 73.0 Å². The number of nitrogens with one attached hydrogen (secondary N) is 5. The SMILES string of the molecule is C1CCCNCC1.CCN(Cc1cncc(-c2ccc3c(c2)c(-c2ncc(C(=O)N4CCCCCC4)[nH]2)nn3C2CCCCO2)c1C)C(=O)OC(C)(C)C.CCNCc1cncc(-c2ccc3[nH]nc(-c4ncc(C(=O)N5CCCCCC5)[nH]4)c3c2)c1C. The lowest BCUT2D eigenvalue weighted by Gasteiger charge is -2.27. The Morgan fingerprint density at radius 1 is 0.670 bits per heavy atom. The summed E-state index contributed by atoms with van der Waals surface area (Å²) in [6.07, 6.45) is 27.8. The van der Waals surface area contributed by atoms with Crippen LogP contribution in [0.2, 0.25) is 0 Å². The van der Waals surface area contributed by atoms with E-state index in [0.29, 0.717) is 54.1 Å². The number of carbonyl (C=O) groups is 3. The molecule has 5 N–H and O–H groups in total. The number of aromatic nitrogens is 10. The Balaban J connectivity index is 0.000000182. The molecule has 10 heterocycles. The zero-order valence-corrected chi connectivity index (χ0v) is 52.9. The number of fused-ring (bicyclic) bond motifs is 2. The topological polar surface area (TPSA) is 233 Å². The molecule has 0 saturated carbocycles. The predicted molar refractivity (Wildman–Crippen MR) is 346 cm³/mol. The number of amides is 3. The van der Waals surface area contributed by atoms with Crippen molar-refractivity contribution in [3.63, 3.8) is 0 Å². The number of nitrogens with zero attached hydrogens (tertiary/aromatic N) is 10. The second-order valence-corrected chi connectivity index (χ2v) is 24.8. The number of hydrogen-bond acceptors (Lipinski definition) is 13. The maximum atomic E-state index is 13.4. The van der Waals surface area contributed by atoms with Crippen LogP contribution in [-0.2, 0) is 22.6 Å². The van der Waals surface area contributed by atoms with E-state index in [1.165, 1.54) is 62.7 Å². The number of pyridine rings is 2. The lowest BCUT2D eigenvalue weighted by atomic mass is 9.97. The van der Waals surface area contributed by atoms with Gasteiger partial charge in [0.1, 0.15) is 28.4 Å². The number of imidazole rings is 2. The Bertz CT molecular complexity index is 3590. The Morgan fingerprint density at radius 3 is 1.82 bits per heavy atom. The molecule has 0 bridgehead atoms. The molecule has 8 aromatic rings. The average Bonchev–Trinajstić information content (AvgIpc) is 1.98. The summed E-state index contributed by atoms with van der Waals surface area (Å²) < 4.78 is 13.8. The molecule has 1 unspecified atom stereocenters. The molecule has 4 aliphatic rings. The number of H-pyrrole nitrogens is 3. The number of carbonyl (C=O) groups excluding carboxylic acids is 3. The van der Waals surface area contributed by atoms with Gasteiger partial charge in [0.05, 0.1) is 30.0 Å². The van der Waals surface area contributed by atoms with Gasteiger partial charge < -0.3 is 44.8 Å². The molecule has 6 aromatic heterocycles. The first-order valence-corrected chi connectivity index (χ1v) is 32.4. The summed E-state index contributed by atoms with van der Waals surface area (Å²) in [6.45, 7) is 22.8. The second-order valence-electron chi connectivity index (χ2n) is 24.8. The average molecular weight is 1200 g/mol. The first-order valence-electron chi connectivity index (χ1n) is 32.4. The molecule has 0 aliphatic carbocycles. The van der Waals surface area contributed by atoms with Crippen molar-refractivity contribution in [2.45, 2.75) is 170 Å². The Hall–Kier alpha value is -7.81. The van der Waals surface area contributed by atoms with Crippen molar-refractivity contribution in [2.24, 2.45) is 0 Å². The Morgan fingerprint density at radius 2 is 1.24 bits per heavy atom. The van der Waals surface area contributed by atoms with Crippen LogP contribution >= 0.6 is 0 Å². The fourth-order valence-corrected chi connectivity index (χ4v) is 12.1. The molecule has 20 heteroatoms. The summed E-state index contributed by atoms with van der Waals surface area (Å²) >= 11 is 0. The van der Waals surface area contributed by atoms with Crippen molar-refractivity contribution in [3.8, 4) is 45.3 Å². The summed E-state index contributed by atoms with van der Waals surface area (Å²) in [5.41, 5.74) is 12.2. The van der Waals surface area contributed by atoms with E-state index >= 15 is 0 Å². The van der Waals surface area contributed by atoms with Crippen LogP contribution in [0.15, 0.2) is 73.6 Å². The maximum absolute atomic E-state index is 13.4. The molecule has 20 nitrogen and oxygen atoms in total. The van der Waals surface area contributed by atoms with Crippen molar-refractivity contribution in [1.29, 1.82) is 0 Å². The first-order chi connectivity index (χ1) is 42.8. The highest BCUT2D eigenvalue weighted by atomic mass is 16.6. The van der Waals surface area contributed by atoms with Crippen LogP contribution in [0.3, 0.4) is 0 Å². The van der Waals surface area contributed by atoms with E-state index in [4.69, 9.17) is 14.6 Å². The zero-order chi connectivity index (χ0) is 61.6. The van der Waals surface area contributed by atoms with E-state index in [0.717, 1.165) is 152 Å². The van der Waals surface area contributed by atoms with Crippen LogP contribution in [0, 0.1) is 13.8 Å². The standard InChI is InChI=1S/C36H47N7O4.C26H31N7O.C6H13N/c1-6-41(35(45)47-36(3,4)5)23-26-20-37-21-28(24(26)2)25-14-15-30-27(19-25)32(40-43(30)31-13-9-12-18-46-31)33-38-22-29(39-33)34(44)42-16-10-7-8-11-17-42;1-3-27-13-19-14-28-15-21(17(19)2)18-8-9-22-20(12-18)24(32-31-22)25-29-16-23(30-25)26(34)33-10-6-4-5-7-11-33;1-2-4-6-7-5-3-1/h14-15,19-22,31H,6-13,16-18,23H2,1-5H3,(H,38,39);8-9,12,14-16,27H,3-7,10-11,13H2,1-2H3,(H,29,30)(H,31,32);7H,1-6H2. The minimum Gasteiger partial charge on any atom is -0.444 e. The van der Waals surface area contributed by atoms with Gasteiger partial charge in [0.25, 0.3) is 11.8 Å². The van der Waals surface area contributed by atoms with Gasteiger partial charge in [0.15, 0.2) is 17.9 Å². The van der Waals surface area contributed by atoms with Gasteiger partial charge in [-0.2, -0.15) is 10.2 Å². The summed E-state index contributed by atoms with van der Waals surface area (Å²) in [4.78, 5) is 69.6. The summed E-state index contributed by atoms with van der Waals surface area (Å²) in [5.74, 6) is 1.15. The molecule has 4 saturated heterocycles. The monoisotopic (exact) mass is 1200 g/mol. The van der Waals surface area contributed by atoms with Crippen molar-refractivity contribution < 1.29 is 23.9 Å². The van der Waals surface area contributed by atoms with Crippen LogP contribution in [0.25, 0.3) is 67.1 Å². The molecule has 12 rings (SSSR count). The van der Waals surface area contributed by atoms with Gasteiger partial charge in [-0.3, -0.25) is 24.7 Å². The molecule has 0 spiro atoms. The van der Waals surface area contributed by atoms with Crippen LogP contribution in [0.1, 0.15) is 180 Å². The fraction of sp³-hybridized carbons (Fsp3) is 0.515. The minimum absolute atomic E-state index is 0.0142. The van der Waals surface area contributed by atoms with E-state index in [-0.39, 0.29) is 24.1 Å². The van der Waals surface area contributed by atoms with Crippen molar-refractivity contribution >= 4 is 39.7 Å². The molecule has 88 heavy (non-hydrogen) atoms. The Labute approximate surface area is 517 Å². The molecule has 0 radical (unpaired) electrons. The highest BCUT2D eigenvalue weighted by Gasteiger charge is 2.28. The summed E-state index contributed by atoms with van der Waals surface area (Å²) in [6, 6.07) is 12.5. The van der Waals surface area contributed by atoms with Crippen molar-refractivity contribution in [1.82, 2.24) is 75.2 Å². The highest BCUT2D eigenvalue weighted by Crippen LogP contribution is 2.37. The zero-order valence-electron chi connectivity index (χ0n) is 52.9. The highest BCUT2D eigenvalue weighted by molar-refractivity contribution is 5.98. The lowest BCUT2D eigenvalue weighted by molar-refractivity contribution is -0.0365. The molecule has 2 aromatic carbocycles. The lowest BCUT2D eigenvalue weighted by Crippen LogP contribution is -2.36. The van der Waals surface area contributed by atoms with Crippen molar-refractivity contribution in [3.05, 3.63) is 107 Å². The molecular formula is C68H91N15O5. The third-order valence-electron chi connectivity index (χ3n) is 17.2. The Kier molecular flexibility index (Phi) is 21.5. The number of ether oxygens (including phenoxy) is 2. The van der Waals surface area contributed by atoms with E-state index in [2.05, 4.69) is 102 Å². The molecule has 4 fully saturated rings. The van der Waals surface area contributed by atoms with Gasteiger partial charge in [-0.1, -0.05) is 57.6 Å². The summed E-state index contributed by atoms with van der Waals surface area (Å²) in [7, 11) is 0. The molecule has 4 aliphatic heterocycles. The van der Waals surface area contributed by atoms with Crippen LogP contribution in [0.4, 0.5) is 4.79 Å². The first kappa shape index (κ1) is 63.2.